The summed E-state index contributed by atoms with van der Waals surface area (Å²) in [6.07, 6.45) is 5.89. The van der Waals surface area contributed by atoms with E-state index in [2.05, 4.69) is 22.0 Å². The number of fused-ring (bicyclic) bond motifs is 1. The van der Waals surface area contributed by atoms with Crippen molar-refractivity contribution in [2.24, 2.45) is 7.05 Å². The summed E-state index contributed by atoms with van der Waals surface area (Å²) in [6.45, 7) is 2.50. The van der Waals surface area contributed by atoms with Gasteiger partial charge in [0.15, 0.2) is 5.65 Å². The number of hydrogen-bond acceptors (Lipinski definition) is 4. The largest absolute Gasteiger partial charge is 0.292 e. The van der Waals surface area contributed by atoms with Crippen LogP contribution in [0.3, 0.4) is 0 Å². The number of aromatic nitrogens is 5. The maximum absolute atomic E-state index is 12.3. The lowest BCUT2D eigenvalue weighted by atomic mass is 10.2. The summed E-state index contributed by atoms with van der Waals surface area (Å²) in [7, 11) is 1.77. The minimum absolute atomic E-state index is 0.0931. The van der Waals surface area contributed by atoms with Gasteiger partial charge < -0.3 is 0 Å². The summed E-state index contributed by atoms with van der Waals surface area (Å²) in [5.41, 5.74) is 2.53. The van der Waals surface area contributed by atoms with Crippen LogP contribution in [0.2, 0.25) is 0 Å². The lowest BCUT2D eigenvalue weighted by molar-refractivity contribution is 0.721. The molecule has 0 atom stereocenters. The van der Waals surface area contributed by atoms with Crippen LogP contribution < -0.4 is 5.56 Å². The van der Waals surface area contributed by atoms with Gasteiger partial charge in [-0.1, -0.05) is 13.0 Å². The van der Waals surface area contributed by atoms with Crippen molar-refractivity contribution in [2.75, 3.05) is 0 Å². The molecule has 3 heterocycles. The van der Waals surface area contributed by atoms with Gasteiger partial charge in [0.05, 0.1) is 18.4 Å². The normalized spacial score (nSPS) is 11.1. The molecule has 0 aliphatic rings. The van der Waals surface area contributed by atoms with Crippen LogP contribution in [0.1, 0.15) is 18.2 Å². The predicted octanol–water partition coefficient (Wildman–Crippen LogP) is 1.14. The molecular weight excluding hydrogens is 254 g/mol. The Hall–Kier alpha value is -2.50. The fourth-order valence-corrected chi connectivity index (χ4v) is 2.11. The van der Waals surface area contributed by atoms with Gasteiger partial charge >= 0.3 is 0 Å². The van der Waals surface area contributed by atoms with E-state index in [0.717, 1.165) is 12.1 Å². The number of pyridine rings is 1. The Bertz CT molecular complexity index is 801. The average Bonchev–Trinajstić information content (AvgIpc) is 2.85. The van der Waals surface area contributed by atoms with Gasteiger partial charge in [0.25, 0.3) is 5.56 Å². The topological polar surface area (TPSA) is 65.6 Å². The van der Waals surface area contributed by atoms with E-state index in [0.29, 0.717) is 17.6 Å². The molecule has 0 saturated carbocycles. The zero-order chi connectivity index (χ0) is 14.1. The molecule has 0 aliphatic carbocycles. The van der Waals surface area contributed by atoms with Gasteiger partial charge in [0.2, 0.25) is 0 Å². The van der Waals surface area contributed by atoms with Crippen molar-refractivity contribution in [3.05, 3.63) is 52.5 Å². The molecule has 3 rings (SSSR count). The molecule has 0 N–H and O–H groups in total. The molecule has 0 aliphatic heterocycles. The third kappa shape index (κ3) is 2.09. The second-order valence-electron chi connectivity index (χ2n) is 4.69. The number of hydrogen-bond donors (Lipinski definition) is 0. The molecular formula is C14H15N5O. The second kappa shape index (κ2) is 4.88. The molecule has 6 heteroatoms. The Balaban J connectivity index is 1.97. The Morgan fingerprint density at radius 2 is 2.05 bits per heavy atom. The van der Waals surface area contributed by atoms with E-state index < -0.39 is 0 Å². The van der Waals surface area contributed by atoms with Crippen LogP contribution in [0.4, 0.5) is 0 Å². The molecule has 0 aromatic carbocycles. The van der Waals surface area contributed by atoms with E-state index in [1.54, 1.807) is 28.8 Å². The highest BCUT2D eigenvalue weighted by Gasteiger charge is 2.08. The summed E-state index contributed by atoms with van der Waals surface area (Å²) in [5.74, 6) is 0. The SMILES string of the molecule is CCc1ccc(Cn2cnc3c(cnn3C)c2=O)nc1. The quantitative estimate of drug-likeness (QED) is 0.715. The van der Waals surface area contributed by atoms with E-state index in [4.69, 9.17) is 0 Å². The van der Waals surface area contributed by atoms with Crippen LogP contribution >= 0.6 is 0 Å². The second-order valence-corrected chi connectivity index (χ2v) is 4.69. The van der Waals surface area contributed by atoms with E-state index in [-0.39, 0.29) is 5.56 Å². The minimum atomic E-state index is -0.0931. The first-order valence-electron chi connectivity index (χ1n) is 6.50. The molecule has 0 unspecified atom stereocenters. The van der Waals surface area contributed by atoms with E-state index in [1.807, 2.05) is 18.3 Å². The van der Waals surface area contributed by atoms with Crippen LogP contribution in [0, 0.1) is 0 Å². The number of aryl methyl sites for hydroxylation is 2. The molecule has 20 heavy (non-hydrogen) atoms. The van der Waals surface area contributed by atoms with Gasteiger partial charge in [-0.15, -0.1) is 0 Å². The maximum atomic E-state index is 12.3. The third-order valence-electron chi connectivity index (χ3n) is 3.34. The van der Waals surface area contributed by atoms with Crippen molar-refractivity contribution in [2.45, 2.75) is 19.9 Å². The van der Waals surface area contributed by atoms with Gasteiger partial charge in [0.1, 0.15) is 11.7 Å². The van der Waals surface area contributed by atoms with Crippen molar-refractivity contribution in [3.8, 4) is 0 Å². The summed E-state index contributed by atoms with van der Waals surface area (Å²) in [4.78, 5) is 20.9. The lowest BCUT2D eigenvalue weighted by Gasteiger charge is -2.05. The van der Waals surface area contributed by atoms with E-state index in [1.165, 1.54) is 5.56 Å². The van der Waals surface area contributed by atoms with Crippen molar-refractivity contribution in [1.29, 1.82) is 0 Å². The zero-order valence-electron chi connectivity index (χ0n) is 11.4. The van der Waals surface area contributed by atoms with Crippen LogP contribution in [-0.2, 0) is 20.0 Å². The molecule has 0 saturated heterocycles. The standard InChI is InChI=1S/C14H15N5O/c1-3-10-4-5-11(15-6-10)8-19-9-16-13-12(14(19)20)7-17-18(13)2/h4-7,9H,3,8H2,1-2H3. The molecule has 3 aromatic rings. The van der Waals surface area contributed by atoms with Gasteiger partial charge in [-0.25, -0.2) is 4.98 Å². The molecule has 0 bridgehead atoms. The van der Waals surface area contributed by atoms with Crippen molar-refractivity contribution in [1.82, 2.24) is 24.3 Å². The monoisotopic (exact) mass is 269 g/mol. The molecule has 0 amide bonds. The van der Waals surface area contributed by atoms with Gasteiger partial charge in [-0.05, 0) is 18.1 Å². The highest BCUT2D eigenvalue weighted by Crippen LogP contribution is 2.05. The maximum Gasteiger partial charge on any atom is 0.264 e. The van der Waals surface area contributed by atoms with Gasteiger partial charge in [-0.2, -0.15) is 5.10 Å². The van der Waals surface area contributed by atoms with Crippen molar-refractivity contribution in [3.63, 3.8) is 0 Å². The Morgan fingerprint density at radius 3 is 2.75 bits per heavy atom. The van der Waals surface area contributed by atoms with Gasteiger partial charge in [-0.3, -0.25) is 19.0 Å². The van der Waals surface area contributed by atoms with Crippen LogP contribution in [0.25, 0.3) is 11.0 Å². The summed E-state index contributed by atoms with van der Waals surface area (Å²) < 4.78 is 3.15. The first-order chi connectivity index (χ1) is 9.69. The Morgan fingerprint density at radius 1 is 1.20 bits per heavy atom. The molecule has 0 fully saturated rings. The zero-order valence-corrected chi connectivity index (χ0v) is 11.4. The molecule has 6 nitrogen and oxygen atoms in total. The Kier molecular flexibility index (Phi) is 3.06. The summed E-state index contributed by atoms with van der Waals surface area (Å²) in [5, 5.41) is 4.58. The lowest BCUT2D eigenvalue weighted by Crippen LogP contribution is -2.21. The van der Waals surface area contributed by atoms with Gasteiger partial charge in [0, 0.05) is 13.2 Å². The smallest absolute Gasteiger partial charge is 0.264 e. The minimum Gasteiger partial charge on any atom is -0.292 e. The third-order valence-corrected chi connectivity index (χ3v) is 3.34. The highest BCUT2D eigenvalue weighted by molar-refractivity contribution is 5.72. The van der Waals surface area contributed by atoms with Crippen LogP contribution in [0.5, 0.6) is 0 Å². The molecule has 0 spiro atoms. The van der Waals surface area contributed by atoms with E-state index in [9.17, 15) is 4.79 Å². The fraction of sp³-hybridized carbons (Fsp3) is 0.286. The first kappa shape index (κ1) is 12.5. The van der Waals surface area contributed by atoms with Crippen molar-refractivity contribution < 1.29 is 0 Å². The predicted molar refractivity (Wildman–Crippen MR) is 75.5 cm³/mol. The molecule has 102 valence electrons. The molecule has 3 aromatic heterocycles. The van der Waals surface area contributed by atoms with Crippen LogP contribution in [-0.4, -0.2) is 24.3 Å². The first-order valence-corrected chi connectivity index (χ1v) is 6.50. The Labute approximate surface area is 115 Å². The summed E-state index contributed by atoms with van der Waals surface area (Å²) in [6, 6.07) is 3.97. The summed E-state index contributed by atoms with van der Waals surface area (Å²) >= 11 is 0. The molecule has 0 radical (unpaired) electrons. The van der Waals surface area contributed by atoms with Crippen LogP contribution in [0.15, 0.2) is 35.6 Å². The highest BCUT2D eigenvalue weighted by atomic mass is 16.1. The van der Waals surface area contributed by atoms with Crippen molar-refractivity contribution >= 4 is 11.0 Å². The average molecular weight is 269 g/mol. The van der Waals surface area contributed by atoms with E-state index >= 15 is 0 Å². The number of nitrogens with zero attached hydrogens (tertiary/aromatic N) is 5. The number of rotatable bonds is 3. The fourth-order valence-electron chi connectivity index (χ4n) is 2.11.